The van der Waals surface area contributed by atoms with E-state index in [9.17, 15) is 10.1 Å². The monoisotopic (exact) mass is 274 g/mol. The molecule has 106 valence electrons. The third kappa shape index (κ3) is 2.79. The number of non-ortho nitro benzene ring substituents is 1. The molecule has 0 fully saturated rings. The molecule has 0 radical (unpaired) electrons. The summed E-state index contributed by atoms with van der Waals surface area (Å²) in [7, 11) is 1.91. The molecule has 2 aromatic rings. The van der Waals surface area contributed by atoms with Gasteiger partial charge in [0.05, 0.1) is 10.6 Å². The van der Waals surface area contributed by atoms with Crippen LogP contribution < -0.4 is 5.32 Å². The van der Waals surface area contributed by atoms with Crippen LogP contribution in [0, 0.1) is 30.9 Å². The number of aromatic nitrogens is 2. The number of hydrogen-bond acceptors (Lipinski definition) is 4. The Kier molecular flexibility index (Phi) is 3.74. The molecule has 20 heavy (non-hydrogen) atoms. The largest absolute Gasteiger partial charge is 0.381 e. The minimum absolute atomic E-state index is 0.104. The van der Waals surface area contributed by atoms with Crippen molar-refractivity contribution in [1.82, 2.24) is 9.78 Å². The SMILES string of the molecule is Cc1cc(NCc2c(C)nn(C)c2C)cc([N+](=O)[O-])c1. The van der Waals surface area contributed by atoms with Crippen LogP contribution >= 0.6 is 0 Å². The van der Waals surface area contributed by atoms with Gasteiger partial charge in [0.2, 0.25) is 0 Å². The van der Waals surface area contributed by atoms with Crippen LogP contribution in [0.15, 0.2) is 18.2 Å². The first kappa shape index (κ1) is 14.0. The second-order valence-corrected chi connectivity index (χ2v) is 4.94. The second kappa shape index (κ2) is 5.32. The zero-order valence-corrected chi connectivity index (χ0v) is 12.1. The highest BCUT2D eigenvalue weighted by Gasteiger charge is 2.11. The van der Waals surface area contributed by atoms with Crippen LogP contribution in [0.25, 0.3) is 0 Å². The van der Waals surface area contributed by atoms with E-state index in [0.717, 1.165) is 28.2 Å². The van der Waals surface area contributed by atoms with Crippen LogP contribution in [-0.2, 0) is 13.6 Å². The van der Waals surface area contributed by atoms with Gasteiger partial charge in [-0.2, -0.15) is 5.10 Å². The van der Waals surface area contributed by atoms with Crippen molar-refractivity contribution in [3.8, 4) is 0 Å². The average molecular weight is 274 g/mol. The maximum absolute atomic E-state index is 10.9. The van der Waals surface area contributed by atoms with Gasteiger partial charge >= 0.3 is 0 Å². The maximum atomic E-state index is 10.9. The Labute approximate surface area is 117 Å². The lowest BCUT2D eigenvalue weighted by atomic mass is 10.1. The Hall–Kier alpha value is -2.37. The normalized spacial score (nSPS) is 10.6. The van der Waals surface area contributed by atoms with Crippen molar-refractivity contribution in [2.24, 2.45) is 7.05 Å². The summed E-state index contributed by atoms with van der Waals surface area (Å²) >= 11 is 0. The zero-order valence-electron chi connectivity index (χ0n) is 12.1. The first-order chi connectivity index (χ1) is 9.38. The van der Waals surface area contributed by atoms with Crippen molar-refractivity contribution >= 4 is 11.4 Å². The molecule has 0 aliphatic heterocycles. The van der Waals surface area contributed by atoms with Crippen LogP contribution in [-0.4, -0.2) is 14.7 Å². The highest BCUT2D eigenvalue weighted by atomic mass is 16.6. The highest BCUT2D eigenvalue weighted by molar-refractivity contribution is 5.54. The summed E-state index contributed by atoms with van der Waals surface area (Å²) < 4.78 is 1.84. The van der Waals surface area contributed by atoms with Crippen LogP contribution in [0.2, 0.25) is 0 Å². The number of benzene rings is 1. The molecule has 1 aromatic heterocycles. The number of aryl methyl sites for hydroxylation is 3. The van der Waals surface area contributed by atoms with E-state index in [1.807, 2.05) is 38.6 Å². The lowest BCUT2D eigenvalue weighted by Crippen LogP contribution is -2.03. The lowest BCUT2D eigenvalue weighted by Gasteiger charge is -2.08. The highest BCUT2D eigenvalue weighted by Crippen LogP contribution is 2.22. The predicted molar refractivity (Wildman–Crippen MR) is 77.8 cm³/mol. The number of nitro benzene ring substituents is 1. The quantitative estimate of drug-likeness (QED) is 0.687. The Morgan fingerprint density at radius 2 is 2.00 bits per heavy atom. The average Bonchev–Trinajstić information content (AvgIpc) is 2.60. The lowest BCUT2D eigenvalue weighted by molar-refractivity contribution is -0.384. The van der Waals surface area contributed by atoms with Gasteiger partial charge in [-0.25, -0.2) is 0 Å². The summed E-state index contributed by atoms with van der Waals surface area (Å²) in [6.45, 7) is 6.42. The molecule has 0 bridgehead atoms. The second-order valence-electron chi connectivity index (χ2n) is 4.94. The topological polar surface area (TPSA) is 73.0 Å². The number of anilines is 1. The van der Waals surface area contributed by atoms with E-state index < -0.39 is 0 Å². The summed E-state index contributed by atoms with van der Waals surface area (Å²) in [6.07, 6.45) is 0. The van der Waals surface area contributed by atoms with Gasteiger partial charge in [0.25, 0.3) is 5.69 Å². The molecule has 0 spiro atoms. The standard InChI is InChI=1S/C14H18N4O2/c1-9-5-12(7-13(6-9)18(19)20)15-8-14-10(2)16-17(4)11(14)3/h5-7,15H,8H2,1-4H3. The Balaban J connectivity index is 2.21. The molecule has 1 N–H and O–H groups in total. The van der Waals surface area contributed by atoms with E-state index in [2.05, 4.69) is 10.4 Å². The minimum atomic E-state index is -0.376. The smallest absolute Gasteiger partial charge is 0.271 e. The van der Waals surface area contributed by atoms with Crippen LogP contribution in [0.3, 0.4) is 0 Å². The van der Waals surface area contributed by atoms with Crippen molar-refractivity contribution in [1.29, 1.82) is 0 Å². The van der Waals surface area contributed by atoms with Gasteiger partial charge < -0.3 is 5.32 Å². The van der Waals surface area contributed by atoms with Crippen molar-refractivity contribution < 1.29 is 4.92 Å². The van der Waals surface area contributed by atoms with Crippen molar-refractivity contribution in [2.75, 3.05) is 5.32 Å². The Bertz CT molecular complexity index is 661. The zero-order chi connectivity index (χ0) is 14.9. The molecule has 2 rings (SSSR count). The molecule has 0 saturated carbocycles. The molecule has 6 nitrogen and oxygen atoms in total. The van der Waals surface area contributed by atoms with Gasteiger partial charge in [0, 0.05) is 42.7 Å². The molecule has 1 heterocycles. The summed E-state index contributed by atoms with van der Waals surface area (Å²) in [4.78, 5) is 10.5. The summed E-state index contributed by atoms with van der Waals surface area (Å²) in [5, 5.41) is 18.4. The fraction of sp³-hybridized carbons (Fsp3) is 0.357. The van der Waals surface area contributed by atoms with Crippen molar-refractivity contribution in [2.45, 2.75) is 27.3 Å². The number of nitro groups is 1. The van der Waals surface area contributed by atoms with Crippen molar-refractivity contribution in [3.63, 3.8) is 0 Å². The van der Waals surface area contributed by atoms with Crippen LogP contribution in [0.1, 0.15) is 22.5 Å². The fourth-order valence-electron chi connectivity index (χ4n) is 2.23. The number of nitrogens with zero attached hydrogens (tertiary/aromatic N) is 3. The number of hydrogen-bond donors (Lipinski definition) is 1. The third-order valence-corrected chi connectivity index (χ3v) is 3.40. The van der Waals surface area contributed by atoms with Gasteiger partial charge in [-0.05, 0) is 32.4 Å². The van der Waals surface area contributed by atoms with E-state index >= 15 is 0 Å². The summed E-state index contributed by atoms with van der Waals surface area (Å²) in [5.41, 5.74) is 4.90. The van der Waals surface area contributed by atoms with Gasteiger partial charge in [-0.15, -0.1) is 0 Å². The van der Waals surface area contributed by atoms with E-state index in [-0.39, 0.29) is 10.6 Å². The number of nitrogens with one attached hydrogen (secondary N) is 1. The van der Waals surface area contributed by atoms with E-state index in [0.29, 0.717) is 6.54 Å². The molecule has 0 aliphatic carbocycles. The van der Waals surface area contributed by atoms with Crippen LogP contribution in [0.5, 0.6) is 0 Å². The minimum Gasteiger partial charge on any atom is -0.381 e. The first-order valence-corrected chi connectivity index (χ1v) is 6.37. The van der Waals surface area contributed by atoms with Gasteiger partial charge in [-0.1, -0.05) is 0 Å². The molecule has 0 amide bonds. The molecule has 6 heteroatoms. The Morgan fingerprint density at radius 1 is 1.30 bits per heavy atom. The third-order valence-electron chi connectivity index (χ3n) is 3.40. The molecule has 0 unspecified atom stereocenters. The fourth-order valence-corrected chi connectivity index (χ4v) is 2.23. The summed E-state index contributed by atoms with van der Waals surface area (Å²) in [6, 6.07) is 5.01. The maximum Gasteiger partial charge on any atom is 0.271 e. The summed E-state index contributed by atoms with van der Waals surface area (Å²) in [5.74, 6) is 0. The molecule has 0 aliphatic rings. The van der Waals surface area contributed by atoms with E-state index in [1.54, 1.807) is 12.1 Å². The molecular weight excluding hydrogens is 256 g/mol. The van der Waals surface area contributed by atoms with Gasteiger partial charge in [-0.3, -0.25) is 14.8 Å². The number of rotatable bonds is 4. The Morgan fingerprint density at radius 3 is 2.55 bits per heavy atom. The van der Waals surface area contributed by atoms with Gasteiger partial charge in [0.1, 0.15) is 0 Å². The van der Waals surface area contributed by atoms with Gasteiger partial charge in [0.15, 0.2) is 0 Å². The van der Waals surface area contributed by atoms with E-state index in [4.69, 9.17) is 0 Å². The molecule has 1 aromatic carbocycles. The predicted octanol–water partition coefficient (Wildman–Crippen LogP) is 2.87. The van der Waals surface area contributed by atoms with Crippen LogP contribution in [0.4, 0.5) is 11.4 Å². The molecular formula is C14H18N4O2. The molecule has 0 atom stereocenters. The van der Waals surface area contributed by atoms with E-state index in [1.165, 1.54) is 0 Å². The molecule has 0 saturated heterocycles. The van der Waals surface area contributed by atoms with Crippen molar-refractivity contribution in [3.05, 3.63) is 50.8 Å². The first-order valence-electron chi connectivity index (χ1n) is 6.37.